The van der Waals surface area contributed by atoms with Gasteiger partial charge in [-0.05, 0) is 25.6 Å². The molecule has 1 unspecified atom stereocenters. The Morgan fingerprint density at radius 1 is 1.55 bits per heavy atom. The fraction of sp³-hybridized carbons (Fsp3) is 0.571. The van der Waals surface area contributed by atoms with Gasteiger partial charge < -0.3 is 10.0 Å². The summed E-state index contributed by atoms with van der Waals surface area (Å²) in [7, 11) is 0. The summed E-state index contributed by atoms with van der Waals surface area (Å²) in [5, 5.41) is 9.17. The number of pyridine rings is 1. The van der Waals surface area contributed by atoms with Gasteiger partial charge in [0.1, 0.15) is 17.2 Å². The van der Waals surface area contributed by atoms with Gasteiger partial charge >= 0.3 is 5.97 Å². The van der Waals surface area contributed by atoms with Crippen LogP contribution in [0.4, 0.5) is 10.2 Å². The Kier molecular flexibility index (Phi) is 4.54. The van der Waals surface area contributed by atoms with Crippen LogP contribution in [-0.2, 0) is 0 Å². The van der Waals surface area contributed by atoms with Crippen molar-refractivity contribution in [3.63, 3.8) is 0 Å². The van der Waals surface area contributed by atoms with E-state index in [1.54, 1.807) is 0 Å². The molecule has 110 valence electrons. The van der Waals surface area contributed by atoms with Gasteiger partial charge in [0, 0.05) is 19.1 Å². The average molecular weight is 281 g/mol. The molecule has 1 fully saturated rings. The van der Waals surface area contributed by atoms with Crippen molar-refractivity contribution >= 4 is 11.8 Å². The molecule has 1 aromatic heterocycles. The van der Waals surface area contributed by atoms with E-state index in [1.807, 2.05) is 4.90 Å². The van der Waals surface area contributed by atoms with Crippen molar-refractivity contribution in [3.05, 3.63) is 23.6 Å². The van der Waals surface area contributed by atoms with Gasteiger partial charge in [-0.3, -0.25) is 4.90 Å². The highest BCUT2D eigenvalue weighted by atomic mass is 19.1. The molecule has 2 rings (SSSR count). The van der Waals surface area contributed by atoms with E-state index in [2.05, 4.69) is 23.7 Å². The summed E-state index contributed by atoms with van der Waals surface area (Å²) in [6.45, 7) is 7.66. The minimum atomic E-state index is -1.14. The third-order valence-corrected chi connectivity index (χ3v) is 3.86. The van der Waals surface area contributed by atoms with Crippen LogP contribution in [0.3, 0.4) is 0 Å². The lowest BCUT2D eigenvalue weighted by Gasteiger charge is -2.26. The highest BCUT2D eigenvalue weighted by molar-refractivity contribution is 5.93. The van der Waals surface area contributed by atoms with E-state index in [4.69, 9.17) is 0 Å². The smallest absolute Gasteiger partial charge is 0.339 e. The molecule has 20 heavy (non-hydrogen) atoms. The summed E-state index contributed by atoms with van der Waals surface area (Å²) in [6, 6.07) is 1.44. The number of likely N-dealkylation sites (N-methyl/N-ethyl adjacent to an activating group) is 1. The quantitative estimate of drug-likeness (QED) is 0.892. The van der Waals surface area contributed by atoms with Gasteiger partial charge in [-0.2, -0.15) is 0 Å². The van der Waals surface area contributed by atoms with E-state index in [1.165, 1.54) is 0 Å². The molecule has 1 aliphatic rings. The highest BCUT2D eigenvalue weighted by Gasteiger charge is 2.29. The lowest BCUT2D eigenvalue weighted by molar-refractivity contribution is 0.0696. The van der Waals surface area contributed by atoms with Crippen molar-refractivity contribution < 1.29 is 14.3 Å². The molecule has 2 heterocycles. The summed E-state index contributed by atoms with van der Waals surface area (Å²) in [5.74, 6) is -1.39. The second-order valence-electron chi connectivity index (χ2n) is 4.94. The molecule has 0 bridgehead atoms. The van der Waals surface area contributed by atoms with Gasteiger partial charge in [-0.1, -0.05) is 13.8 Å². The number of aromatic nitrogens is 1. The van der Waals surface area contributed by atoms with Gasteiger partial charge in [0.2, 0.25) is 0 Å². The van der Waals surface area contributed by atoms with Crippen LogP contribution in [0.5, 0.6) is 0 Å². The number of hydrogen-bond acceptors (Lipinski definition) is 4. The maximum atomic E-state index is 13.2. The number of rotatable bonds is 5. The Bertz CT molecular complexity index is 491. The first-order valence-electron chi connectivity index (χ1n) is 6.94. The summed E-state index contributed by atoms with van der Waals surface area (Å²) in [4.78, 5) is 19.5. The van der Waals surface area contributed by atoms with Gasteiger partial charge in [0.25, 0.3) is 0 Å². The van der Waals surface area contributed by atoms with Crippen LogP contribution in [0, 0.1) is 5.82 Å². The first kappa shape index (κ1) is 14.7. The summed E-state index contributed by atoms with van der Waals surface area (Å²) in [5.41, 5.74) is -0.0646. The summed E-state index contributed by atoms with van der Waals surface area (Å²) >= 11 is 0. The van der Waals surface area contributed by atoms with Crippen molar-refractivity contribution in [3.8, 4) is 0 Å². The number of carbonyl (C=O) groups is 1. The number of hydrogen-bond donors (Lipinski definition) is 1. The monoisotopic (exact) mass is 281 g/mol. The first-order valence-corrected chi connectivity index (χ1v) is 6.94. The molecule has 1 saturated heterocycles. The van der Waals surface area contributed by atoms with E-state index < -0.39 is 11.8 Å². The second kappa shape index (κ2) is 6.17. The fourth-order valence-corrected chi connectivity index (χ4v) is 2.81. The summed E-state index contributed by atoms with van der Waals surface area (Å²) < 4.78 is 13.2. The molecule has 6 heteroatoms. The number of carboxylic acid groups (broad SMARTS) is 1. The molecule has 1 aromatic rings. The molecule has 0 radical (unpaired) electrons. The average Bonchev–Trinajstić information content (AvgIpc) is 2.89. The van der Waals surface area contributed by atoms with Crippen molar-refractivity contribution in [2.75, 3.05) is 31.1 Å². The zero-order valence-electron chi connectivity index (χ0n) is 11.8. The van der Waals surface area contributed by atoms with Crippen LogP contribution in [0.1, 0.15) is 30.6 Å². The van der Waals surface area contributed by atoms with Crippen LogP contribution in [0.25, 0.3) is 0 Å². The second-order valence-corrected chi connectivity index (χ2v) is 4.94. The third-order valence-electron chi connectivity index (χ3n) is 3.86. The Morgan fingerprint density at radius 3 is 2.85 bits per heavy atom. The Labute approximate surface area is 118 Å². The lowest BCUT2D eigenvalue weighted by Crippen LogP contribution is -2.37. The van der Waals surface area contributed by atoms with Crippen LogP contribution in [0.15, 0.2) is 12.3 Å². The number of nitrogens with zero attached hydrogens (tertiary/aromatic N) is 3. The molecule has 5 nitrogen and oxygen atoms in total. The van der Waals surface area contributed by atoms with Crippen molar-refractivity contribution in [2.45, 2.75) is 26.3 Å². The molecule has 0 aromatic carbocycles. The van der Waals surface area contributed by atoms with Crippen LogP contribution in [-0.4, -0.2) is 53.2 Å². The number of aromatic carboxylic acids is 1. The molecule has 1 aliphatic heterocycles. The van der Waals surface area contributed by atoms with Crippen molar-refractivity contribution in [1.29, 1.82) is 0 Å². The number of halogens is 1. The van der Waals surface area contributed by atoms with Crippen LogP contribution in [0.2, 0.25) is 0 Å². The van der Waals surface area contributed by atoms with E-state index in [-0.39, 0.29) is 5.56 Å². The van der Waals surface area contributed by atoms with Gasteiger partial charge in [0.05, 0.1) is 6.20 Å². The Balaban J connectivity index is 2.20. The lowest BCUT2D eigenvalue weighted by atomic mass is 10.2. The Hall–Kier alpha value is -1.69. The maximum absolute atomic E-state index is 13.2. The zero-order valence-corrected chi connectivity index (χ0v) is 11.8. The molecule has 1 atom stereocenters. The maximum Gasteiger partial charge on any atom is 0.339 e. The molecule has 0 aliphatic carbocycles. The zero-order chi connectivity index (χ0) is 14.7. The molecule has 0 amide bonds. The van der Waals surface area contributed by atoms with Crippen LogP contribution >= 0.6 is 0 Å². The largest absolute Gasteiger partial charge is 0.478 e. The molecular weight excluding hydrogens is 261 g/mol. The molecule has 0 spiro atoms. The van der Waals surface area contributed by atoms with Crippen molar-refractivity contribution in [1.82, 2.24) is 9.88 Å². The molecule has 0 saturated carbocycles. The third kappa shape index (κ3) is 2.90. The SMILES string of the molecule is CCN(CC)C1CCN(c2ncc(F)cc2C(=O)O)C1. The van der Waals surface area contributed by atoms with Gasteiger partial charge in [0.15, 0.2) is 0 Å². The predicted octanol–water partition coefficient (Wildman–Crippen LogP) is 1.84. The van der Waals surface area contributed by atoms with E-state index in [0.717, 1.165) is 44.9 Å². The van der Waals surface area contributed by atoms with Crippen LogP contribution < -0.4 is 4.90 Å². The van der Waals surface area contributed by atoms with E-state index >= 15 is 0 Å². The number of anilines is 1. The van der Waals surface area contributed by atoms with Gasteiger partial charge in [-0.25, -0.2) is 14.2 Å². The first-order chi connectivity index (χ1) is 9.56. The van der Waals surface area contributed by atoms with Gasteiger partial charge in [-0.15, -0.1) is 0 Å². The predicted molar refractivity (Wildman–Crippen MR) is 74.7 cm³/mol. The minimum absolute atomic E-state index is 0.0646. The van der Waals surface area contributed by atoms with E-state index in [9.17, 15) is 14.3 Å². The standard InChI is InChI=1S/C14H20FN3O2/c1-3-17(4-2)11-5-6-18(9-11)13-12(14(19)20)7-10(15)8-16-13/h7-8,11H,3-6,9H2,1-2H3,(H,19,20). The van der Waals surface area contributed by atoms with Crippen molar-refractivity contribution in [2.24, 2.45) is 0 Å². The fourth-order valence-electron chi connectivity index (χ4n) is 2.81. The number of carboxylic acids is 1. The molecule has 1 N–H and O–H groups in total. The summed E-state index contributed by atoms with van der Waals surface area (Å²) in [6.07, 6.45) is 2.05. The topological polar surface area (TPSA) is 56.7 Å². The minimum Gasteiger partial charge on any atom is -0.478 e. The highest BCUT2D eigenvalue weighted by Crippen LogP contribution is 2.25. The molecular formula is C14H20FN3O2. The normalized spacial score (nSPS) is 18.8. The van der Waals surface area contributed by atoms with E-state index in [0.29, 0.717) is 11.9 Å². The Morgan fingerprint density at radius 2 is 2.25 bits per heavy atom.